The number of halogens is 2. The molecule has 39 heavy (non-hydrogen) atoms. The highest BCUT2D eigenvalue weighted by molar-refractivity contribution is 7.20. The number of benzene rings is 2. The number of hydrogen-bond acceptors (Lipinski definition) is 4. The summed E-state index contributed by atoms with van der Waals surface area (Å²) in [7, 11) is 2.12. The van der Waals surface area contributed by atoms with Crippen molar-refractivity contribution in [2.24, 2.45) is 10.7 Å². The Morgan fingerprint density at radius 2 is 1.79 bits per heavy atom. The molecule has 0 radical (unpaired) electrons. The van der Waals surface area contributed by atoms with Crippen LogP contribution in [0.1, 0.15) is 64.4 Å². The predicted molar refractivity (Wildman–Crippen MR) is 170 cm³/mol. The second-order valence-corrected chi connectivity index (χ2v) is 10.2. The van der Waals surface area contributed by atoms with Gasteiger partial charge in [-0.25, -0.2) is 8.78 Å². The summed E-state index contributed by atoms with van der Waals surface area (Å²) in [5.41, 5.74) is 11.0. The second-order valence-electron chi connectivity index (χ2n) is 9.17. The number of allylic oxidation sites excluding steroid dienone is 5. The van der Waals surface area contributed by atoms with Crippen LogP contribution in [0.3, 0.4) is 0 Å². The van der Waals surface area contributed by atoms with Gasteiger partial charge in [0.05, 0.1) is 6.21 Å². The minimum atomic E-state index is -0.405. The molecule has 1 atom stereocenters. The van der Waals surface area contributed by atoms with Gasteiger partial charge in [0, 0.05) is 46.2 Å². The van der Waals surface area contributed by atoms with Crippen LogP contribution in [0.2, 0.25) is 0 Å². The van der Waals surface area contributed by atoms with Crippen LogP contribution in [0.15, 0.2) is 90.5 Å². The number of nitrogens with zero attached hydrogens (tertiary/aromatic N) is 2. The van der Waals surface area contributed by atoms with Gasteiger partial charge in [-0.3, -0.25) is 4.99 Å². The summed E-state index contributed by atoms with van der Waals surface area (Å²) in [4.78, 5) is 6.99. The lowest BCUT2D eigenvalue weighted by atomic mass is 9.95. The Morgan fingerprint density at radius 1 is 1.13 bits per heavy atom. The van der Waals surface area contributed by atoms with E-state index in [2.05, 4.69) is 63.5 Å². The third-order valence-corrected chi connectivity index (χ3v) is 7.35. The monoisotopic (exact) mass is 551 g/mol. The zero-order valence-corrected chi connectivity index (χ0v) is 25.3. The van der Waals surface area contributed by atoms with Crippen LogP contribution in [-0.2, 0) is 0 Å². The van der Waals surface area contributed by atoms with Gasteiger partial charge in [-0.2, -0.15) is 0 Å². The van der Waals surface area contributed by atoms with Crippen molar-refractivity contribution in [2.45, 2.75) is 54.0 Å². The van der Waals surface area contributed by atoms with Crippen LogP contribution in [0.5, 0.6) is 0 Å². The Hall–Kier alpha value is -3.35. The first kappa shape index (κ1) is 33.7. The van der Waals surface area contributed by atoms with Crippen molar-refractivity contribution in [3.63, 3.8) is 0 Å². The van der Waals surface area contributed by atoms with Crippen molar-refractivity contribution in [1.82, 2.24) is 4.90 Å². The molecule has 2 N–H and O–H groups in total. The molecule has 1 aromatic heterocycles. The fourth-order valence-corrected chi connectivity index (χ4v) is 4.92. The van der Waals surface area contributed by atoms with Gasteiger partial charge in [0.1, 0.15) is 11.6 Å². The number of aliphatic imine (C=N–C) groups is 1. The molecule has 0 saturated heterocycles. The molecule has 1 heterocycles. The highest BCUT2D eigenvalue weighted by atomic mass is 32.1. The third-order valence-electron chi connectivity index (χ3n) is 6.05. The summed E-state index contributed by atoms with van der Waals surface area (Å²) in [5, 5.41) is 0.973. The molecule has 0 unspecified atom stereocenters. The van der Waals surface area contributed by atoms with Crippen molar-refractivity contribution in [3.05, 3.63) is 102 Å². The van der Waals surface area contributed by atoms with E-state index in [4.69, 9.17) is 5.73 Å². The minimum absolute atomic E-state index is 0.234. The molecular weight excluding hydrogens is 508 g/mol. The number of rotatable bonds is 8. The van der Waals surface area contributed by atoms with Crippen molar-refractivity contribution in [2.75, 3.05) is 13.6 Å². The lowest BCUT2D eigenvalue weighted by Gasteiger charge is -2.17. The normalized spacial score (nSPS) is 12.7. The Labute approximate surface area is 237 Å². The average molecular weight is 552 g/mol. The molecular formula is C33H43F2N3S. The van der Waals surface area contributed by atoms with Gasteiger partial charge in [0.2, 0.25) is 0 Å². The Morgan fingerprint density at radius 3 is 2.36 bits per heavy atom. The quantitative estimate of drug-likeness (QED) is 0.223. The van der Waals surface area contributed by atoms with Crippen molar-refractivity contribution in [3.8, 4) is 11.1 Å². The second kappa shape index (κ2) is 16.6. The number of thiophene rings is 1. The standard InChI is InChI=1S/C23H22F2N2S.C8H17N.C2H4/c1-13(2)27-12-21(25)14(3)22-10-16-6-5-7-19(23(16)28-22)20-11-17(24)8-9-18(20)15(4)26;1-5-7-9(4)8(3)6-2;1-2/h5-12,15H,1,26H2,2-4H3;6H,5,7H2,1-4H3;1-2H2/b21-14-,27-12?;8-6-;/t15-;;/m1../s1. The maximum absolute atomic E-state index is 14.4. The molecule has 0 spiro atoms. The Balaban J connectivity index is 0.000000589. The molecule has 210 valence electrons. The maximum Gasteiger partial charge on any atom is 0.145 e. The van der Waals surface area contributed by atoms with Crippen LogP contribution < -0.4 is 5.73 Å². The van der Waals surface area contributed by atoms with E-state index in [1.807, 2.05) is 31.2 Å². The highest BCUT2D eigenvalue weighted by Crippen LogP contribution is 2.40. The van der Waals surface area contributed by atoms with E-state index in [1.54, 1.807) is 19.9 Å². The largest absolute Gasteiger partial charge is 0.378 e. The van der Waals surface area contributed by atoms with Gasteiger partial charge >= 0.3 is 0 Å². The van der Waals surface area contributed by atoms with Crippen LogP contribution in [0.4, 0.5) is 8.78 Å². The number of hydrogen-bond donors (Lipinski definition) is 1. The molecule has 0 aliphatic carbocycles. The van der Waals surface area contributed by atoms with Gasteiger partial charge in [0.15, 0.2) is 0 Å². The van der Waals surface area contributed by atoms with E-state index in [0.717, 1.165) is 38.2 Å². The van der Waals surface area contributed by atoms with Gasteiger partial charge in [-0.1, -0.05) is 43.8 Å². The van der Waals surface area contributed by atoms with Gasteiger partial charge < -0.3 is 10.6 Å². The summed E-state index contributed by atoms with van der Waals surface area (Å²) >= 11 is 1.47. The first-order chi connectivity index (χ1) is 18.5. The van der Waals surface area contributed by atoms with Crippen LogP contribution in [0.25, 0.3) is 26.8 Å². The summed E-state index contributed by atoms with van der Waals surface area (Å²) in [6, 6.07) is 12.2. The third kappa shape index (κ3) is 9.72. The zero-order valence-electron chi connectivity index (χ0n) is 24.4. The molecule has 0 amide bonds. The Bertz CT molecular complexity index is 1330. The minimum Gasteiger partial charge on any atom is -0.378 e. The lowest BCUT2D eigenvalue weighted by Crippen LogP contribution is -2.16. The molecule has 3 aromatic rings. The molecule has 2 aromatic carbocycles. The van der Waals surface area contributed by atoms with E-state index in [0.29, 0.717) is 11.3 Å². The summed E-state index contributed by atoms with van der Waals surface area (Å²) in [6.45, 7) is 22.5. The number of nitrogens with two attached hydrogens (primary N) is 1. The molecule has 0 aliphatic rings. The van der Waals surface area contributed by atoms with E-state index in [9.17, 15) is 8.78 Å². The van der Waals surface area contributed by atoms with Crippen molar-refractivity contribution >= 4 is 33.2 Å². The van der Waals surface area contributed by atoms with Crippen molar-refractivity contribution < 1.29 is 8.78 Å². The van der Waals surface area contributed by atoms with E-state index in [1.165, 1.54) is 41.8 Å². The van der Waals surface area contributed by atoms with E-state index < -0.39 is 5.83 Å². The van der Waals surface area contributed by atoms with Gasteiger partial charge in [-0.05, 0) is 81.3 Å². The molecule has 0 bridgehead atoms. The topological polar surface area (TPSA) is 41.6 Å². The van der Waals surface area contributed by atoms with Crippen molar-refractivity contribution in [1.29, 1.82) is 0 Å². The molecule has 6 heteroatoms. The SMILES string of the molecule is C/C=C(/C)N(C)CCC.C=C.C=C(C)N=C/C(F)=C(\C)c1cc2cccc(-c3cc(F)ccc3[C@@H](C)N)c2s1. The summed E-state index contributed by atoms with van der Waals surface area (Å²) < 4.78 is 29.4. The predicted octanol–water partition coefficient (Wildman–Crippen LogP) is 10.1. The lowest BCUT2D eigenvalue weighted by molar-refractivity contribution is 0.417. The van der Waals surface area contributed by atoms with Gasteiger partial charge in [0.25, 0.3) is 0 Å². The fourth-order valence-electron chi connectivity index (χ4n) is 3.73. The van der Waals surface area contributed by atoms with E-state index >= 15 is 0 Å². The summed E-state index contributed by atoms with van der Waals surface area (Å²) in [5.74, 6) is -0.718. The van der Waals surface area contributed by atoms with Gasteiger partial charge in [-0.15, -0.1) is 24.5 Å². The number of fused-ring (bicyclic) bond motifs is 1. The molecule has 0 saturated carbocycles. The average Bonchev–Trinajstić information content (AvgIpc) is 3.36. The van der Waals surface area contributed by atoms with Crippen LogP contribution >= 0.6 is 11.3 Å². The zero-order chi connectivity index (χ0) is 29.7. The first-order valence-electron chi connectivity index (χ1n) is 13.0. The Kier molecular flexibility index (Phi) is 14.3. The highest BCUT2D eigenvalue weighted by Gasteiger charge is 2.16. The molecule has 0 aliphatic heterocycles. The van der Waals surface area contributed by atoms with E-state index in [-0.39, 0.29) is 11.9 Å². The van der Waals surface area contributed by atoms with Crippen LogP contribution in [-0.4, -0.2) is 24.7 Å². The summed E-state index contributed by atoms with van der Waals surface area (Å²) in [6.07, 6.45) is 4.54. The van der Waals surface area contributed by atoms with Crippen LogP contribution in [0, 0.1) is 5.82 Å². The first-order valence-corrected chi connectivity index (χ1v) is 13.8. The molecule has 0 fully saturated rings. The maximum atomic E-state index is 14.4. The fraction of sp³-hybridized carbons (Fsp3) is 0.303. The smallest absolute Gasteiger partial charge is 0.145 e. The molecule has 3 nitrogen and oxygen atoms in total. The molecule has 3 rings (SSSR count).